The molecular formula is C18H27NO. The quantitative estimate of drug-likeness (QED) is 0.888. The average molecular weight is 273 g/mol. The lowest BCUT2D eigenvalue weighted by atomic mass is 9.89. The zero-order valence-electron chi connectivity index (χ0n) is 13.3. The van der Waals surface area contributed by atoms with Crippen molar-refractivity contribution in [3.63, 3.8) is 0 Å². The molecule has 1 aliphatic heterocycles. The summed E-state index contributed by atoms with van der Waals surface area (Å²) in [5.74, 6) is 0. The molecule has 0 aliphatic carbocycles. The molecule has 2 heteroatoms. The highest BCUT2D eigenvalue weighted by Crippen LogP contribution is 2.28. The molecule has 1 aliphatic rings. The minimum absolute atomic E-state index is 0.224. The third-order valence-electron chi connectivity index (χ3n) is 4.74. The summed E-state index contributed by atoms with van der Waals surface area (Å²) in [7, 11) is 0. The predicted octanol–water partition coefficient (Wildman–Crippen LogP) is 4.18. The molecule has 1 N–H and O–H groups in total. The summed E-state index contributed by atoms with van der Waals surface area (Å²) in [5.41, 5.74) is 7.98. The molecule has 0 aromatic heterocycles. The Morgan fingerprint density at radius 2 is 1.75 bits per heavy atom. The summed E-state index contributed by atoms with van der Waals surface area (Å²) in [5, 5.41) is 3.44. The zero-order valence-corrected chi connectivity index (χ0v) is 13.3. The second kappa shape index (κ2) is 6.55. The molecule has 1 heterocycles. The van der Waals surface area contributed by atoms with Crippen LogP contribution in [-0.4, -0.2) is 12.8 Å². The maximum absolute atomic E-state index is 6.08. The molecule has 1 unspecified atom stereocenters. The van der Waals surface area contributed by atoms with E-state index in [2.05, 4.69) is 39.6 Å². The minimum Gasteiger partial charge on any atom is -0.359 e. The predicted molar refractivity (Wildman–Crippen MR) is 85.9 cm³/mol. The van der Waals surface area contributed by atoms with Gasteiger partial charge in [0.25, 0.3) is 0 Å². The molecule has 1 aromatic rings. The number of hydrogen-bond acceptors (Lipinski definition) is 2. The summed E-state index contributed by atoms with van der Waals surface area (Å²) in [6.07, 6.45) is 5.86. The Morgan fingerprint density at radius 1 is 1.10 bits per heavy atom. The maximum atomic E-state index is 6.08. The van der Waals surface area contributed by atoms with Gasteiger partial charge in [0.2, 0.25) is 0 Å². The smallest absolute Gasteiger partial charge is 0.108 e. The summed E-state index contributed by atoms with van der Waals surface area (Å²) in [6.45, 7) is 14.5. The molecule has 1 atom stereocenters. The van der Waals surface area contributed by atoms with Crippen molar-refractivity contribution < 1.29 is 4.74 Å². The van der Waals surface area contributed by atoms with Gasteiger partial charge in [-0.05, 0) is 86.9 Å². The van der Waals surface area contributed by atoms with E-state index in [9.17, 15) is 0 Å². The summed E-state index contributed by atoms with van der Waals surface area (Å²) < 4.78 is 6.08. The number of hydrogen-bond donors (Lipinski definition) is 1. The van der Waals surface area contributed by atoms with Gasteiger partial charge in [0.05, 0.1) is 6.61 Å². The van der Waals surface area contributed by atoms with Crippen molar-refractivity contribution in [2.45, 2.75) is 59.8 Å². The average Bonchev–Trinajstić information content (AvgIpc) is 2.47. The number of rotatable bonds is 4. The summed E-state index contributed by atoms with van der Waals surface area (Å²) >= 11 is 0. The van der Waals surface area contributed by atoms with Gasteiger partial charge in [-0.3, -0.25) is 5.32 Å². The molecule has 1 aromatic carbocycles. The molecule has 0 radical (unpaired) electrons. The lowest BCUT2D eigenvalue weighted by molar-refractivity contribution is 0.000777. The Labute approximate surface area is 123 Å². The fraction of sp³-hybridized carbons (Fsp3) is 0.556. The van der Waals surface area contributed by atoms with E-state index in [1.807, 2.05) is 6.08 Å². The minimum atomic E-state index is 0.224. The van der Waals surface area contributed by atoms with Gasteiger partial charge in [-0.2, -0.15) is 0 Å². The molecule has 0 bridgehead atoms. The molecule has 20 heavy (non-hydrogen) atoms. The van der Waals surface area contributed by atoms with Gasteiger partial charge >= 0.3 is 0 Å². The monoisotopic (exact) mass is 273 g/mol. The first-order valence-corrected chi connectivity index (χ1v) is 7.63. The Bertz CT molecular complexity index is 470. The first-order valence-electron chi connectivity index (χ1n) is 7.63. The fourth-order valence-electron chi connectivity index (χ4n) is 3.09. The highest BCUT2D eigenvalue weighted by molar-refractivity contribution is 5.62. The molecule has 1 fully saturated rings. The zero-order chi connectivity index (χ0) is 14.7. The summed E-state index contributed by atoms with van der Waals surface area (Å²) in [4.78, 5) is 0. The van der Waals surface area contributed by atoms with Gasteiger partial charge in [-0.1, -0.05) is 12.7 Å². The summed E-state index contributed by atoms with van der Waals surface area (Å²) in [6, 6.07) is 0. The van der Waals surface area contributed by atoms with Gasteiger partial charge in [0.15, 0.2) is 0 Å². The normalized spacial score (nSPS) is 19.1. The second-order valence-corrected chi connectivity index (χ2v) is 5.85. The molecule has 0 spiro atoms. The van der Waals surface area contributed by atoms with E-state index in [1.165, 1.54) is 46.2 Å². The second-order valence-electron chi connectivity index (χ2n) is 5.85. The van der Waals surface area contributed by atoms with E-state index in [-0.39, 0.29) is 6.23 Å². The van der Waals surface area contributed by atoms with Crippen LogP contribution in [0.3, 0.4) is 0 Å². The van der Waals surface area contributed by atoms with Crippen molar-refractivity contribution >= 4 is 6.08 Å². The van der Waals surface area contributed by atoms with Crippen LogP contribution in [0.4, 0.5) is 0 Å². The first-order chi connectivity index (χ1) is 9.56. The van der Waals surface area contributed by atoms with Crippen LogP contribution in [-0.2, 0) is 11.3 Å². The lowest BCUT2D eigenvalue weighted by Crippen LogP contribution is -2.36. The third-order valence-corrected chi connectivity index (χ3v) is 4.74. The molecule has 0 saturated carbocycles. The van der Waals surface area contributed by atoms with E-state index in [4.69, 9.17) is 4.74 Å². The number of piperidine rings is 1. The van der Waals surface area contributed by atoms with Crippen molar-refractivity contribution in [2.24, 2.45) is 0 Å². The van der Waals surface area contributed by atoms with Crippen molar-refractivity contribution in [1.82, 2.24) is 5.32 Å². The van der Waals surface area contributed by atoms with E-state index in [0.717, 1.165) is 13.0 Å². The maximum Gasteiger partial charge on any atom is 0.108 e. The highest BCUT2D eigenvalue weighted by atomic mass is 16.5. The van der Waals surface area contributed by atoms with Gasteiger partial charge in [0, 0.05) is 0 Å². The number of nitrogens with one attached hydrogen (secondary N) is 1. The molecule has 2 rings (SSSR count). The standard InChI is InChI=1S/C18H27NO/c1-6-16-12(2)14(4)17(15(5)13(16)3)11-20-18-9-7-8-10-19-18/h6,18-19H,1,7-11H2,2-5H3. The number of benzene rings is 1. The van der Waals surface area contributed by atoms with Crippen LogP contribution in [0, 0.1) is 27.7 Å². The fourth-order valence-corrected chi connectivity index (χ4v) is 3.09. The van der Waals surface area contributed by atoms with Crippen molar-refractivity contribution in [3.05, 3.63) is 40.0 Å². The third kappa shape index (κ3) is 2.97. The van der Waals surface area contributed by atoms with Crippen molar-refractivity contribution in [2.75, 3.05) is 6.54 Å². The SMILES string of the molecule is C=Cc1c(C)c(C)c(COC2CCCCN2)c(C)c1C. The van der Waals surface area contributed by atoms with Crippen LogP contribution in [0.15, 0.2) is 6.58 Å². The van der Waals surface area contributed by atoms with Gasteiger partial charge in [-0.25, -0.2) is 0 Å². The topological polar surface area (TPSA) is 21.3 Å². The van der Waals surface area contributed by atoms with Crippen LogP contribution in [0.2, 0.25) is 0 Å². The highest BCUT2D eigenvalue weighted by Gasteiger charge is 2.16. The molecule has 0 amide bonds. The van der Waals surface area contributed by atoms with Gasteiger partial charge < -0.3 is 4.74 Å². The Kier molecular flexibility index (Phi) is 5.00. The van der Waals surface area contributed by atoms with Crippen LogP contribution in [0.25, 0.3) is 6.08 Å². The Morgan fingerprint density at radius 3 is 2.25 bits per heavy atom. The van der Waals surface area contributed by atoms with E-state index < -0.39 is 0 Å². The van der Waals surface area contributed by atoms with Crippen LogP contribution >= 0.6 is 0 Å². The lowest BCUT2D eigenvalue weighted by Gasteiger charge is -2.25. The van der Waals surface area contributed by atoms with Crippen molar-refractivity contribution in [1.29, 1.82) is 0 Å². The van der Waals surface area contributed by atoms with E-state index >= 15 is 0 Å². The van der Waals surface area contributed by atoms with Crippen LogP contribution in [0.5, 0.6) is 0 Å². The van der Waals surface area contributed by atoms with E-state index in [0.29, 0.717) is 6.61 Å². The molecule has 1 saturated heterocycles. The number of ether oxygens (including phenoxy) is 1. The largest absolute Gasteiger partial charge is 0.359 e. The molecular weight excluding hydrogens is 246 g/mol. The Hall–Kier alpha value is -1.12. The van der Waals surface area contributed by atoms with Gasteiger partial charge in [0.1, 0.15) is 6.23 Å². The molecule has 2 nitrogen and oxygen atoms in total. The van der Waals surface area contributed by atoms with E-state index in [1.54, 1.807) is 0 Å². The molecule has 110 valence electrons. The van der Waals surface area contributed by atoms with Crippen LogP contribution < -0.4 is 5.32 Å². The first kappa shape index (κ1) is 15.3. The van der Waals surface area contributed by atoms with Gasteiger partial charge in [-0.15, -0.1) is 0 Å². The Balaban J connectivity index is 2.21. The van der Waals surface area contributed by atoms with Crippen molar-refractivity contribution in [3.8, 4) is 0 Å². The van der Waals surface area contributed by atoms with Crippen LogP contribution in [0.1, 0.15) is 52.6 Å².